The molecule has 1 aliphatic carbocycles. The summed E-state index contributed by atoms with van der Waals surface area (Å²) in [6.45, 7) is 9.66. The van der Waals surface area contributed by atoms with Gasteiger partial charge in [-0.3, -0.25) is 14.6 Å². The Kier molecular flexibility index (Phi) is 3.98. The molecule has 1 aliphatic heterocycles. The fourth-order valence-corrected chi connectivity index (χ4v) is 2.38. The molecule has 0 radical (unpaired) electrons. The van der Waals surface area contributed by atoms with Gasteiger partial charge in [-0.15, -0.1) is 0 Å². The van der Waals surface area contributed by atoms with Crippen LogP contribution in [0, 0.1) is 5.92 Å². The minimum absolute atomic E-state index is 0.424. The second-order valence-electron chi connectivity index (χ2n) is 5.31. The SMILES string of the molecule is CCC(C)N1CCN(CC(=O)C2CC2)CC1. The van der Waals surface area contributed by atoms with E-state index in [1.807, 2.05) is 0 Å². The average molecular weight is 224 g/mol. The number of carbonyl (C=O) groups is 1. The van der Waals surface area contributed by atoms with Gasteiger partial charge in [0.2, 0.25) is 0 Å². The maximum absolute atomic E-state index is 11.7. The molecule has 0 spiro atoms. The first-order valence-electron chi connectivity index (χ1n) is 6.69. The van der Waals surface area contributed by atoms with E-state index in [0.29, 0.717) is 24.3 Å². The molecule has 0 N–H and O–H groups in total. The smallest absolute Gasteiger partial charge is 0.149 e. The van der Waals surface area contributed by atoms with Gasteiger partial charge in [0.05, 0.1) is 6.54 Å². The molecular formula is C13H24N2O. The Morgan fingerprint density at radius 2 is 1.88 bits per heavy atom. The van der Waals surface area contributed by atoms with Gasteiger partial charge >= 0.3 is 0 Å². The highest BCUT2D eigenvalue weighted by atomic mass is 16.1. The summed E-state index contributed by atoms with van der Waals surface area (Å²) in [7, 11) is 0. The van der Waals surface area contributed by atoms with E-state index in [1.54, 1.807) is 0 Å². The van der Waals surface area contributed by atoms with Crippen LogP contribution in [-0.4, -0.2) is 54.3 Å². The van der Waals surface area contributed by atoms with Gasteiger partial charge in [0.15, 0.2) is 0 Å². The molecule has 1 saturated carbocycles. The van der Waals surface area contributed by atoms with Crippen LogP contribution in [0.1, 0.15) is 33.1 Å². The predicted octanol–water partition coefficient (Wildman–Crippen LogP) is 1.38. The Labute approximate surface area is 98.8 Å². The molecular weight excluding hydrogens is 200 g/mol. The summed E-state index contributed by atoms with van der Waals surface area (Å²) >= 11 is 0. The minimum atomic E-state index is 0.424. The van der Waals surface area contributed by atoms with Crippen molar-refractivity contribution in [3.05, 3.63) is 0 Å². The molecule has 0 amide bonds. The van der Waals surface area contributed by atoms with Gasteiger partial charge in [0.1, 0.15) is 5.78 Å². The van der Waals surface area contributed by atoms with Crippen LogP contribution < -0.4 is 0 Å². The van der Waals surface area contributed by atoms with E-state index < -0.39 is 0 Å². The van der Waals surface area contributed by atoms with Crippen LogP contribution in [0.3, 0.4) is 0 Å². The van der Waals surface area contributed by atoms with E-state index in [0.717, 1.165) is 39.0 Å². The Morgan fingerprint density at radius 1 is 1.25 bits per heavy atom. The summed E-state index contributed by atoms with van der Waals surface area (Å²) in [6, 6.07) is 0.696. The highest BCUT2D eigenvalue weighted by Gasteiger charge is 2.31. The average Bonchev–Trinajstić information content (AvgIpc) is 3.13. The van der Waals surface area contributed by atoms with Crippen LogP contribution in [0.2, 0.25) is 0 Å². The molecule has 0 aromatic carbocycles. The van der Waals surface area contributed by atoms with Crippen LogP contribution in [0.25, 0.3) is 0 Å². The molecule has 92 valence electrons. The number of nitrogens with zero attached hydrogens (tertiary/aromatic N) is 2. The number of hydrogen-bond donors (Lipinski definition) is 0. The van der Waals surface area contributed by atoms with Crippen molar-refractivity contribution in [3.8, 4) is 0 Å². The lowest BCUT2D eigenvalue weighted by Gasteiger charge is -2.37. The number of rotatable bonds is 5. The van der Waals surface area contributed by atoms with Crippen molar-refractivity contribution in [3.63, 3.8) is 0 Å². The van der Waals surface area contributed by atoms with Crippen LogP contribution in [0.5, 0.6) is 0 Å². The first-order chi connectivity index (χ1) is 7.70. The molecule has 0 aromatic rings. The lowest BCUT2D eigenvalue weighted by molar-refractivity contribution is -0.121. The lowest BCUT2D eigenvalue weighted by Crippen LogP contribution is -2.50. The predicted molar refractivity (Wildman–Crippen MR) is 65.5 cm³/mol. The van der Waals surface area contributed by atoms with Crippen LogP contribution in [0.4, 0.5) is 0 Å². The standard InChI is InChI=1S/C13H24N2O/c1-3-11(2)15-8-6-14(7-9-15)10-13(16)12-4-5-12/h11-12H,3-10H2,1-2H3. The molecule has 3 nitrogen and oxygen atoms in total. The third-order valence-corrected chi connectivity index (χ3v) is 4.03. The molecule has 0 aromatic heterocycles. The molecule has 2 fully saturated rings. The number of ketones is 1. The lowest BCUT2D eigenvalue weighted by atomic mass is 10.1. The zero-order valence-electron chi connectivity index (χ0n) is 10.6. The molecule has 1 heterocycles. The van der Waals surface area contributed by atoms with Crippen molar-refractivity contribution in [2.45, 2.75) is 39.2 Å². The van der Waals surface area contributed by atoms with Gasteiger partial charge < -0.3 is 0 Å². The molecule has 1 atom stereocenters. The van der Waals surface area contributed by atoms with Gasteiger partial charge in [0, 0.05) is 38.1 Å². The molecule has 0 bridgehead atoms. The van der Waals surface area contributed by atoms with Gasteiger partial charge in [-0.25, -0.2) is 0 Å². The Morgan fingerprint density at radius 3 is 2.38 bits per heavy atom. The van der Waals surface area contributed by atoms with E-state index >= 15 is 0 Å². The van der Waals surface area contributed by atoms with Crippen molar-refractivity contribution in [1.82, 2.24) is 9.80 Å². The highest BCUT2D eigenvalue weighted by Crippen LogP contribution is 2.30. The monoisotopic (exact) mass is 224 g/mol. The van der Waals surface area contributed by atoms with Gasteiger partial charge in [-0.1, -0.05) is 6.92 Å². The van der Waals surface area contributed by atoms with Crippen molar-refractivity contribution in [2.75, 3.05) is 32.7 Å². The zero-order valence-corrected chi connectivity index (χ0v) is 10.6. The minimum Gasteiger partial charge on any atom is -0.298 e. The van der Waals surface area contributed by atoms with E-state index in [1.165, 1.54) is 6.42 Å². The summed E-state index contributed by atoms with van der Waals surface area (Å²) in [5.41, 5.74) is 0. The van der Waals surface area contributed by atoms with E-state index in [-0.39, 0.29) is 0 Å². The fourth-order valence-electron chi connectivity index (χ4n) is 2.38. The highest BCUT2D eigenvalue weighted by molar-refractivity contribution is 5.84. The van der Waals surface area contributed by atoms with Crippen LogP contribution in [-0.2, 0) is 4.79 Å². The molecule has 2 rings (SSSR count). The largest absolute Gasteiger partial charge is 0.298 e. The molecule has 16 heavy (non-hydrogen) atoms. The van der Waals surface area contributed by atoms with E-state index in [9.17, 15) is 4.79 Å². The van der Waals surface area contributed by atoms with Crippen molar-refractivity contribution in [1.29, 1.82) is 0 Å². The molecule has 1 saturated heterocycles. The van der Waals surface area contributed by atoms with Crippen molar-refractivity contribution in [2.24, 2.45) is 5.92 Å². The molecule has 1 unspecified atom stereocenters. The maximum Gasteiger partial charge on any atom is 0.149 e. The van der Waals surface area contributed by atoms with Crippen molar-refractivity contribution < 1.29 is 4.79 Å². The van der Waals surface area contributed by atoms with Gasteiger partial charge in [0.25, 0.3) is 0 Å². The first-order valence-corrected chi connectivity index (χ1v) is 6.69. The number of piperazine rings is 1. The summed E-state index contributed by atoms with van der Waals surface area (Å²) in [4.78, 5) is 16.6. The third-order valence-electron chi connectivity index (χ3n) is 4.03. The Balaban J connectivity index is 1.70. The van der Waals surface area contributed by atoms with Crippen LogP contribution in [0.15, 0.2) is 0 Å². The number of hydrogen-bond acceptors (Lipinski definition) is 3. The summed E-state index contributed by atoms with van der Waals surface area (Å²) in [6.07, 6.45) is 3.51. The number of carbonyl (C=O) groups excluding carboxylic acids is 1. The summed E-state index contributed by atoms with van der Waals surface area (Å²) < 4.78 is 0. The quantitative estimate of drug-likeness (QED) is 0.705. The van der Waals surface area contributed by atoms with E-state index in [2.05, 4.69) is 23.6 Å². The van der Waals surface area contributed by atoms with E-state index in [4.69, 9.17) is 0 Å². The second-order valence-corrected chi connectivity index (χ2v) is 5.31. The molecule has 3 heteroatoms. The van der Waals surface area contributed by atoms with Crippen molar-refractivity contribution >= 4 is 5.78 Å². The van der Waals surface area contributed by atoms with Gasteiger partial charge in [-0.2, -0.15) is 0 Å². The Hall–Kier alpha value is -0.410. The second kappa shape index (κ2) is 5.28. The topological polar surface area (TPSA) is 23.6 Å². The number of Topliss-reactive ketones (excluding diaryl/α,β-unsaturated/α-hetero) is 1. The zero-order chi connectivity index (χ0) is 11.5. The fraction of sp³-hybridized carbons (Fsp3) is 0.923. The summed E-state index contributed by atoms with van der Waals surface area (Å²) in [5.74, 6) is 0.907. The van der Waals surface area contributed by atoms with Gasteiger partial charge in [-0.05, 0) is 26.2 Å². The first kappa shape index (κ1) is 12.1. The maximum atomic E-state index is 11.7. The normalized spacial score (nSPS) is 25.6. The van der Waals surface area contributed by atoms with Crippen LogP contribution >= 0.6 is 0 Å². The third kappa shape index (κ3) is 3.05. The summed E-state index contributed by atoms with van der Waals surface area (Å²) in [5, 5.41) is 0. The molecule has 2 aliphatic rings. The Bertz CT molecular complexity index is 242.